The highest BCUT2D eigenvalue weighted by Crippen LogP contribution is 2.50. The Morgan fingerprint density at radius 1 is 0.960 bits per heavy atom. The highest BCUT2D eigenvalue weighted by atomic mass is 15.2. The Bertz CT molecular complexity index is 638. The molecule has 3 heterocycles. The molecule has 136 valence electrons. The van der Waals surface area contributed by atoms with Gasteiger partial charge in [0.1, 0.15) is 5.82 Å². The molecule has 0 aromatic carbocycles. The van der Waals surface area contributed by atoms with E-state index in [1.54, 1.807) is 0 Å². The summed E-state index contributed by atoms with van der Waals surface area (Å²) in [6.45, 7) is 4.65. The average Bonchev–Trinajstić information content (AvgIpc) is 3.18. The SMILES string of the molecule is Nc1nc(N2CC3CCNCCC3C2)c2c(n1)C1(CCCC1)CCC2. The molecule has 2 unspecified atom stereocenters. The van der Waals surface area contributed by atoms with Gasteiger partial charge in [-0.3, -0.25) is 0 Å². The van der Waals surface area contributed by atoms with Gasteiger partial charge < -0.3 is 16.0 Å². The zero-order valence-electron chi connectivity index (χ0n) is 15.3. The maximum absolute atomic E-state index is 6.21. The van der Waals surface area contributed by atoms with E-state index in [1.807, 2.05) is 0 Å². The van der Waals surface area contributed by atoms with Crippen LogP contribution in [-0.2, 0) is 11.8 Å². The molecule has 25 heavy (non-hydrogen) atoms. The number of fused-ring (bicyclic) bond motifs is 3. The van der Waals surface area contributed by atoms with Crippen molar-refractivity contribution in [3.05, 3.63) is 11.3 Å². The third kappa shape index (κ3) is 2.62. The van der Waals surface area contributed by atoms with Gasteiger partial charge >= 0.3 is 0 Å². The van der Waals surface area contributed by atoms with Gasteiger partial charge in [-0.25, -0.2) is 4.98 Å². The minimum absolute atomic E-state index is 0.313. The van der Waals surface area contributed by atoms with E-state index >= 15 is 0 Å². The fourth-order valence-electron chi connectivity index (χ4n) is 6.15. The van der Waals surface area contributed by atoms with Crippen LogP contribution in [0.1, 0.15) is 62.6 Å². The molecule has 0 radical (unpaired) electrons. The lowest BCUT2D eigenvalue weighted by molar-refractivity contribution is 0.357. The Morgan fingerprint density at radius 3 is 2.36 bits per heavy atom. The third-order valence-electron chi connectivity index (χ3n) is 7.41. The number of rotatable bonds is 1. The summed E-state index contributed by atoms with van der Waals surface area (Å²) in [4.78, 5) is 12.2. The Balaban J connectivity index is 1.51. The van der Waals surface area contributed by atoms with Crippen LogP contribution in [0.2, 0.25) is 0 Å². The van der Waals surface area contributed by atoms with Crippen LogP contribution in [0, 0.1) is 11.8 Å². The van der Waals surface area contributed by atoms with Gasteiger partial charge in [0, 0.05) is 24.1 Å². The van der Waals surface area contributed by atoms with E-state index in [4.69, 9.17) is 15.7 Å². The monoisotopic (exact) mass is 341 g/mol. The molecule has 2 aliphatic carbocycles. The highest BCUT2D eigenvalue weighted by Gasteiger charge is 2.43. The Hall–Kier alpha value is -1.36. The lowest BCUT2D eigenvalue weighted by atomic mass is 9.71. The number of nitrogens with one attached hydrogen (secondary N) is 1. The normalized spacial score (nSPS) is 31.0. The van der Waals surface area contributed by atoms with Gasteiger partial charge in [-0.05, 0) is 69.9 Å². The third-order valence-corrected chi connectivity index (χ3v) is 7.41. The van der Waals surface area contributed by atoms with Crippen molar-refractivity contribution in [3.63, 3.8) is 0 Å². The number of nitrogens with zero attached hydrogens (tertiary/aromatic N) is 3. The van der Waals surface area contributed by atoms with E-state index in [0.29, 0.717) is 11.4 Å². The molecule has 1 aromatic heterocycles. The van der Waals surface area contributed by atoms with Gasteiger partial charge in [-0.2, -0.15) is 4.98 Å². The molecular weight excluding hydrogens is 310 g/mol. The van der Waals surface area contributed by atoms with E-state index < -0.39 is 0 Å². The quantitative estimate of drug-likeness (QED) is 0.822. The van der Waals surface area contributed by atoms with Crippen molar-refractivity contribution in [2.24, 2.45) is 11.8 Å². The predicted octanol–water partition coefficient (Wildman–Crippen LogP) is 2.64. The summed E-state index contributed by atoms with van der Waals surface area (Å²) < 4.78 is 0. The molecular formula is C20H31N5. The van der Waals surface area contributed by atoms with Gasteiger partial charge in [0.2, 0.25) is 5.95 Å². The van der Waals surface area contributed by atoms with Gasteiger partial charge in [0.05, 0.1) is 5.69 Å². The molecule has 5 nitrogen and oxygen atoms in total. The van der Waals surface area contributed by atoms with Crippen molar-refractivity contribution in [3.8, 4) is 0 Å². The zero-order chi connectivity index (χ0) is 16.9. The summed E-state index contributed by atoms with van der Waals surface area (Å²) in [5, 5.41) is 3.56. The molecule has 0 bridgehead atoms. The molecule has 1 saturated carbocycles. The van der Waals surface area contributed by atoms with Crippen LogP contribution < -0.4 is 16.0 Å². The highest BCUT2D eigenvalue weighted by molar-refractivity contribution is 5.56. The molecule has 0 amide bonds. The van der Waals surface area contributed by atoms with Crippen molar-refractivity contribution in [2.75, 3.05) is 36.8 Å². The molecule has 3 N–H and O–H groups in total. The Labute approximate surface area is 150 Å². The number of nitrogen functional groups attached to an aromatic ring is 1. The molecule has 5 rings (SSSR count). The fourth-order valence-corrected chi connectivity index (χ4v) is 6.15. The Morgan fingerprint density at radius 2 is 1.64 bits per heavy atom. The summed E-state index contributed by atoms with van der Waals surface area (Å²) >= 11 is 0. The topological polar surface area (TPSA) is 67.1 Å². The van der Waals surface area contributed by atoms with Crippen LogP contribution >= 0.6 is 0 Å². The van der Waals surface area contributed by atoms with Crippen molar-refractivity contribution in [1.82, 2.24) is 15.3 Å². The first-order valence-corrected chi connectivity index (χ1v) is 10.4. The smallest absolute Gasteiger partial charge is 0.222 e. The van der Waals surface area contributed by atoms with Crippen LogP contribution in [0.5, 0.6) is 0 Å². The summed E-state index contributed by atoms with van der Waals surface area (Å²) in [5.41, 5.74) is 9.29. The minimum Gasteiger partial charge on any atom is -0.368 e. The first kappa shape index (κ1) is 15.9. The van der Waals surface area contributed by atoms with E-state index in [-0.39, 0.29) is 0 Å². The predicted molar refractivity (Wildman–Crippen MR) is 101 cm³/mol. The number of nitrogens with two attached hydrogens (primary N) is 1. The lowest BCUT2D eigenvalue weighted by Crippen LogP contribution is -2.33. The van der Waals surface area contributed by atoms with E-state index in [1.165, 1.54) is 81.5 Å². The summed E-state index contributed by atoms with van der Waals surface area (Å²) in [7, 11) is 0. The second-order valence-electron chi connectivity index (χ2n) is 8.83. The molecule has 5 heteroatoms. The summed E-state index contributed by atoms with van der Waals surface area (Å²) in [6, 6.07) is 0. The molecule has 4 aliphatic rings. The van der Waals surface area contributed by atoms with Gasteiger partial charge in [0.25, 0.3) is 0 Å². The summed E-state index contributed by atoms with van der Waals surface area (Å²) in [6.07, 6.45) is 11.6. The van der Waals surface area contributed by atoms with Crippen LogP contribution in [0.25, 0.3) is 0 Å². The molecule has 1 spiro atoms. The first-order valence-electron chi connectivity index (χ1n) is 10.4. The number of hydrogen-bond acceptors (Lipinski definition) is 5. The maximum Gasteiger partial charge on any atom is 0.222 e. The van der Waals surface area contributed by atoms with Crippen LogP contribution in [-0.4, -0.2) is 36.1 Å². The van der Waals surface area contributed by atoms with E-state index in [2.05, 4.69) is 10.2 Å². The van der Waals surface area contributed by atoms with Crippen molar-refractivity contribution in [1.29, 1.82) is 0 Å². The number of aromatic nitrogens is 2. The molecule has 3 fully saturated rings. The van der Waals surface area contributed by atoms with E-state index in [9.17, 15) is 0 Å². The number of anilines is 2. The van der Waals surface area contributed by atoms with Gasteiger partial charge in [-0.15, -0.1) is 0 Å². The second-order valence-corrected chi connectivity index (χ2v) is 8.83. The molecule has 2 atom stereocenters. The second kappa shape index (κ2) is 6.11. The first-order chi connectivity index (χ1) is 12.3. The van der Waals surface area contributed by atoms with Crippen LogP contribution in [0.3, 0.4) is 0 Å². The van der Waals surface area contributed by atoms with Crippen LogP contribution in [0.4, 0.5) is 11.8 Å². The Kier molecular flexibility index (Phi) is 3.88. The summed E-state index contributed by atoms with van der Waals surface area (Å²) in [5.74, 6) is 3.31. The molecule has 2 saturated heterocycles. The zero-order valence-corrected chi connectivity index (χ0v) is 15.3. The van der Waals surface area contributed by atoms with Gasteiger partial charge in [-0.1, -0.05) is 12.8 Å². The van der Waals surface area contributed by atoms with Crippen molar-refractivity contribution >= 4 is 11.8 Å². The van der Waals surface area contributed by atoms with Crippen molar-refractivity contribution in [2.45, 2.75) is 63.2 Å². The molecule has 1 aromatic rings. The fraction of sp³-hybridized carbons (Fsp3) is 0.800. The number of hydrogen-bond donors (Lipinski definition) is 2. The van der Waals surface area contributed by atoms with Crippen molar-refractivity contribution < 1.29 is 0 Å². The van der Waals surface area contributed by atoms with Gasteiger partial charge in [0.15, 0.2) is 0 Å². The average molecular weight is 342 g/mol. The van der Waals surface area contributed by atoms with E-state index in [0.717, 1.165) is 31.3 Å². The largest absolute Gasteiger partial charge is 0.368 e. The van der Waals surface area contributed by atoms with Crippen LogP contribution in [0.15, 0.2) is 0 Å². The lowest BCUT2D eigenvalue weighted by Gasteiger charge is -2.36. The minimum atomic E-state index is 0.313. The maximum atomic E-state index is 6.21. The standard InChI is InChI=1S/C20H31N5/c21-19-23-17-16(4-3-9-20(17)7-1-2-8-20)18(24-19)25-12-14-5-10-22-11-6-15(14)13-25/h14-15,22H,1-13H2,(H2,21,23,24). The molecule has 2 aliphatic heterocycles.